The van der Waals surface area contributed by atoms with Crippen molar-refractivity contribution in [1.29, 1.82) is 0 Å². The van der Waals surface area contributed by atoms with Crippen molar-refractivity contribution in [3.63, 3.8) is 0 Å². The smallest absolute Gasteiger partial charge is 0.237 e. The van der Waals surface area contributed by atoms with Gasteiger partial charge in [0.25, 0.3) is 0 Å². The third kappa shape index (κ3) is 4.78. The van der Waals surface area contributed by atoms with Crippen molar-refractivity contribution in [2.75, 3.05) is 11.9 Å². The van der Waals surface area contributed by atoms with Gasteiger partial charge < -0.3 is 10.1 Å². The zero-order valence-electron chi connectivity index (χ0n) is 14.8. The van der Waals surface area contributed by atoms with Crippen LogP contribution >= 0.6 is 23.4 Å². The molecule has 1 amide bonds. The summed E-state index contributed by atoms with van der Waals surface area (Å²) >= 11 is 7.35. The number of halogens is 1. The normalized spacial score (nSPS) is 11.8. The number of thioether (sulfide) groups is 1. The summed E-state index contributed by atoms with van der Waals surface area (Å²) in [4.78, 5) is 12.5. The van der Waals surface area contributed by atoms with Gasteiger partial charge in [-0.3, -0.25) is 4.79 Å². The molecule has 9 heteroatoms. The maximum atomic E-state index is 12.5. The predicted octanol–water partition coefficient (Wildman–Crippen LogP) is 3.83. The van der Waals surface area contributed by atoms with Crippen molar-refractivity contribution < 1.29 is 9.53 Å². The highest BCUT2D eigenvalue weighted by Gasteiger charge is 2.20. The van der Waals surface area contributed by atoms with Gasteiger partial charge in [-0.15, -0.1) is 5.10 Å². The van der Waals surface area contributed by atoms with Crippen LogP contribution < -0.4 is 10.1 Å². The molecular formula is C18H18ClN5O2S. The number of para-hydroxylation sites is 1. The summed E-state index contributed by atoms with van der Waals surface area (Å²) in [5.41, 5.74) is 1.35. The third-order valence-corrected chi connectivity index (χ3v) is 4.98. The number of nitrogens with one attached hydrogen (secondary N) is 1. The minimum Gasteiger partial charge on any atom is -0.494 e. The van der Waals surface area contributed by atoms with E-state index in [0.29, 0.717) is 22.5 Å². The van der Waals surface area contributed by atoms with E-state index in [-0.39, 0.29) is 5.91 Å². The van der Waals surface area contributed by atoms with Crippen LogP contribution in [-0.4, -0.2) is 38.0 Å². The lowest BCUT2D eigenvalue weighted by atomic mass is 10.3. The maximum absolute atomic E-state index is 12.5. The Labute approximate surface area is 166 Å². The Morgan fingerprint density at radius 2 is 2.00 bits per heavy atom. The standard InChI is InChI=1S/C18H18ClN5O2S/c1-3-26-14-10-8-13(9-11-14)24-18(21-22-23-24)27-12(2)17(25)20-16-7-5-4-6-15(16)19/h4-12H,3H2,1-2H3,(H,20,25). The first-order chi connectivity index (χ1) is 13.1. The van der Waals surface area contributed by atoms with E-state index in [1.54, 1.807) is 29.8 Å². The van der Waals surface area contributed by atoms with E-state index in [0.717, 1.165) is 11.4 Å². The summed E-state index contributed by atoms with van der Waals surface area (Å²) in [6, 6.07) is 14.5. The number of hydrogen-bond donors (Lipinski definition) is 1. The average Bonchev–Trinajstić information content (AvgIpc) is 3.12. The van der Waals surface area contributed by atoms with Gasteiger partial charge in [-0.05, 0) is 60.7 Å². The third-order valence-electron chi connectivity index (χ3n) is 3.62. The van der Waals surface area contributed by atoms with Gasteiger partial charge in [-0.2, -0.15) is 4.68 Å². The van der Waals surface area contributed by atoms with Crippen molar-refractivity contribution in [3.8, 4) is 11.4 Å². The highest BCUT2D eigenvalue weighted by Crippen LogP contribution is 2.26. The van der Waals surface area contributed by atoms with Crippen LogP contribution in [0, 0.1) is 0 Å². The molecule has 0 bridgehead atoms. The molecule has 1 unspecified atom stereocenters. The van der Waals surface area contributed by atoms with Crippen LogP contribution in [0.2, 0.25) is 5.02 Å². The molecule has 0 spiro atoms. The molecule has 27 heavy (non-hydrogen) atoms. The Morgan fingerprint density at radius 3 is 2.70 bits per heavy atom. The number of anilines is 1. The number of ether oxygens (including phenoxy) is 1. The molecule has 2 aromatic carbocycles. The Balaban J connectivity index is 1.70. The first-order valence-electron chi connectivity index (χ1n) is 8.32. The fourth-order valence-electron chi connectivity index (χ4n) is 2.27. The van der Waals surface area contributed by atoms with Gasteiger partial charge in [-0.1, -0.05) is 35.5 Å². The second kappa shape index (κ2) is 8.88. The Morgan fingerprint density at radius 1 is 1.26 bits per heavy atom. The number of rotatable bonds is 7. The van der Waals surface area contributed by atoms with Crippen LogP contribution in [0.25, 0.3) is 5.69 Å². The second-order valence-corrected chi connectivity index (χ2v) is 7.24. The lowest BCUT2D eigenvalue weighted by Crippen LogP contribution is -2.23. The molecule has 1 atom stereocenters. The molecule has 0 saturated carbocycles. The van der Waals surface area contributed by atoms with Crippen molar-refractivity contribution >= 4 is 35.0 Å². The molecule has 0 saturated heterocycles. The molecule has 1 heterocycles. The summed E-state index contributed by atoms with van der Waals surface area (Å²) in [6.07, 6.45) is 0. The fraction of sp³-hybridized carbons (Fsp3) is 0.222. The molecule has 0 radical (unpaired) electrons. The number of amides is 1. The molecule has 140 valence electrons. The molecule has 0 fully saturated rings. The zero-order valence-corrected chi connectivity index (χ0v) is 16.4. The summed E-state index contributed by atoms with van der Waals surface area (Å²) in [7, 11) is 0. The molecule has 1 N–H and O–H groups in total. The minimum atomic E-state index is -0.422. The zero-order chi connectivity index (χ0) is 19.2. The predicted molar refractivity (Wildman–Crippen MR) is 106 cm³/mol. The van der Waals surface area contributed by atoms with E-state index in [9.17, 15) is 4.79 Å². The van der Waals surface area contributed by atoms with Gasteiger partial charge in [0.15, 0.2) is 0 Å². The first-order valence-corrected chi connectivity index (χ1v) is 9.58. The van der Waals surface area contributed by atoms with Gasteiger partial charge >= 0.3 is 0 Å². The lowest BCUT2D eigenvalue weighted by molar-refractivity contribution is -0.115. The van der Waals surface area contributed by atoms with Crippen LogP contribution in [0.1, 0.15) is 13.8 Å². The SMILES string of the molecule is CCOc1ccc(-n2nnnc2SC(C)C(=O)Nc2ccccc2Cl)cc1. The van der Waals surface area contributed by atoms with E-state index >= 15 is 0 Å². The molecule has 3 rings (SSSR count). The van der Waals surface area contributed by atoms with E-state index in [1.165, 1.54) is 11.8 Å². The van der Waals surface area contributed by atoms with E-state index in [1.807, 2.05) is 37.3 Å². The molecule has 0 aliphatic rings. The van der Waals surface area contributed by atoms with Gasteiger partial charge in [0.1, 0.15) is 5.75 Å². The van der Waals surface area contributed by atoms with Gasteiger partial charge in [0, 0.05) is 0 Å². The molecular weight excluding hydrogens is 386 g/mol. The lowest BCUT2D eigenvalue weighted by Gasteiger charge is -2.12. The number of benzene rings is 2. The number of carbonyl (C=O) groups excluding carboxylic acids is 1. The van der Waals surface area contributed by atoms with E-state index in [2.05, 4.69) is 20.8 Å². The Hall–Kier alpha value is -2.58. The molecule has 1 aromatic heterocycles. The molecule has 0 aliphatic carbocycles. The topological polar surface area (TPSA) is 81.9 Å². The Bertz CT molecular complexity index is 916. The average molecular weight is 404 g/mol. The van der Waals surface area contributed by atoms with Crippen molar-refractivity contribution in [2.24, 2.45) is 0 Å². The van der Waals surface area contributed by atoms with Crippen molar-refractivity contribution in [2.45, 2.75) is 24.3 Å². The highest BCUT2D eigenvalue weighted by molar-refractivity contribution is 8.00. The number of hydrogen-bond acceptors (Lipinski definition) is 6. The van der Waals surface area contributed by atoms with Crippen LogP contribution in [0.5, 0.6) is 5.75 Å². The van der Waals surface area contributed by atoms with Crippen molar-refractivity contribution in [3.05, 3.63) is 53.6 Å². The molecule has 3 aromatic rings. The van der Waals surface area contributed by atoms with Crippen LogP contribution in [0.15, 0.2) is 53.7 Å². The summed E-state index contributed by atoms with van der Waals surface area (Å²) in [6.45, 7) is 4.32. The van der Waals surface area contributed by atoms with E-state index in [4.69, 9.17) is 16.3 Å². The van der Waals surface area contributed by atoms with Crippen LogP contribution in [-0.2, 0) is 4.79 Å². The summed E-state index contributed by atoms with van der Waals surface area (Å²) < 4.78 is 7.02. The van der Waals surface area contributed by atoms with Crippen LogP contribution in [0.3, 0.4) is 0 Å². The minimum absolute atomic E-state index is 0.186. The second-order valence-electron chi connectivity index (χ2n) is 5.53. The summed E-state index contributed by atoms with van der Waals surface area (Å²) in [5, 5.41) is 15.2. The Kier molecular flexibility index (Phi) is 6.31. The monoisotopic (exact) mass is 403 g/mol. The highest BCUT2D eigenvalue weighted by atomic mass is 35.5. The van der Waals surface area contributed by atoms with Gasteiger partial charge in [0.05, 0.1) is 28.3 Å². The quantitative estimate of drug-likeness (QED) is 0.603. The molecule has 0 aliphatic heterocycles. The maximum Gasteiger partial charge on any atom is 0.237 e. The van der Waals surface area contributed by atoms with Gasteiger partial charge in [-0.25, -0.2) is 0 Å². The number of tetrazole rings is 1. The number of carbonyl (C=O) groups is 1. The largest absolute Gasteiger partial charge is 0.494 e. The summed E-state index contributed by atoms with van der Waals surface area (Å²) in [5.74, 6) is 0.588. The number of nitrogens with zero attached hydrogens (tertiary/aromatic N) is 4. The first kappa shape index (κ1) is 19.2. The van der Waals surface area contributed by atoms with Gasteiger partial charge in [0.2, 0.25) is 11.1 Å². The van der Waals surface area contributed by atoms with Crippen molar-refractivity contribution in [1.82, 2.24) is 20.2 Å². The van der Waals surface area contributed by atoms with E-state index < -0.39 is 5.25 Å². The fourth-order valence-corrected chi connectivity index (χ4v) is 3.26. The number of aromatic nitrogens is 4. The van der Waals surface area contributed by atoms with Crippen LogP contribution in [0.4, 0.5) is 5.69 Å². The molecule has 7 nitrogen and oxygen atoms in total.